The molecule has 2 radical (unpaired) electrons. The maximum Gasteiger partial charge on any atom is 0.225 e. The van der Waals surface area contributed by atoms with E-state index in [-0.39, 0.29) is 17.6 Å². The van der Waals surface area contributed by atoms with Crippen molar-refractivity contribution >= 4 is 13.8 Å². The molecule has 1 fully saturated rings. The molecule has 0 spiro atoms. The number of rotatable bonds is 1. The summed E-state index contributed by atoms with van der Waals surface area (Å²) in [5.41, 5.74) is 0. The molecule has 0 heterocycles. The second-order valence-electron chi connectivity index (χ2n) is 3.97. The van der Waals surface area contributed by atoms with Crippen molar-refractivity contribution in [2.45, 2.75) is 31.2 Å². The Morgan fingerprint density at radius 2 is 2.08 bits per heavy atom. The molecule has 0 aromatic heterocycles. The smallest absolute Gasteiger partial charge is 0.225 e. The predicted molar refractivity (Wildman–Crippen MR) is 51.5 cm³/mol. The van der Waals surface area contributed by atoms with Crippen LogP contribution in [0.15, 0.2) is 0 Å². The summed E-state index contributed by atoms with van der Waals surface area (Å²) in [4.78, 5) is 13.1. The van der Waals surface area contributed by atoms with Crippen molar-refractivity contribution in [3.63, 3.8) is 0 Å². The average Bonchev–Trinajstić information content (AvgIpc) is 2.08. The first-order chi connectivity index (χ1) is 6.02. The van der Waals surface area contributed by atoms with Crippen LogP contribution in [0, 0.1) is 5.92 Å². The number of carbonyl (C=O) groups is 1. The lowest BCUT2D eigenvalue weighted by molar-refractivity contribution is -0.135. The highest BCUT2D eigenvalue weighted by Gasteiger charge is 2.30. The van der Waals surface area contributed by atoms with Crippen molar-refractivity contribution in [2.24, 2.45) is 5.92 Å². The van der Waals surface area contributed by atoms with Gasteiger partial charge in [0.2, 0.25) is 5.91 Å². The SMILES string of the molecule is [B][C@H]1CC[C@H](C(=O)N(C)C)C[C@@H]1O. The zero-order valence-electron chi connectivity index (χ0n) is 8.23. The molecule has 1 rings (SSSR count). The van der Waals surface area contributed by atoms with Crippen molar-refractivity contribution in [1.29, 1.82) is 0 Å². The minimum absolute atomic E-state index is 0.0372. The van der Waals surface area contributed by atoms with Gasteiger partial charge in [0.1, 0.15) is 0 Å². The lowest BCUT2D eigenvalue weighted by atomic mass is 9.70. The molecular weight excluding hydrogens is 165 g/mol. The summed E-state index contributed by atoms with van der Waals surface area (Å²) in [6.07, 6.45) is 1.54. The van der Waals surface area contributed by atoms with Crippen molar-refractivity contribution in [1.82, 2.24) is 4.90 Å². The second-order valence-corrected chi connectivity index (χ2v) is 3.97. The fourth-order valence-corrected chi connectivity index (χ4v) is 1.76. The van der Waals surface area contributed by atoms with Crippen LogP contribution in [-0.2, 0) is 4.79 Å². The van der Waals surface area contributed by atoms with E-state index in [1.54, 1.807) is 19.0 Å². The summed E-state index contributed by atoms with van der Waals surface area (Å²) in [5, 5.41) is 9.48. The monoisotopic (exact) mass is 181 g/mol. The van der Waals surface area contributed by atoms with Crippen LogP contribution < -0.4 is 0 Å². The van der Waals surface area contributed by atoms with Crippen molar-refractivity contribution in [2.75, 3.05) is 14.1 Å². The van der Waals surface area contributed by atoms with Gasteiger partial charge in [-0.1, -0.05) is 12.2 Å². The molecule has 1 aliphatic rings. The molecule has 0 aliphatic heterocycles. The van der Waals surface area contributed by atoms with Gasteiger partial charge in [-0.2, -0.15) is 0 Å². The van der Waals surface area contributed by atoms with Crippen LogP contribution in [0.2, 0.25) is 5.82 Å². The molecule has 1 amide bonds. The third-order valence-corrected chi connectivity index (χ3v) is 2.66. The molecule has 1 N–H and O–H groups in total. The van der Waals surface area contributed by atoms with E-state index < -0.39 is 6.10 Å². The number of aliphatic hydroxyl groups is 1. The van der Waals surface area contributed by atoms with Gasteiger partial charge >= 0.3 is 0 Å². The summed E-state index contributed by atoms with van der Waals surface area (Å²) in [7, 11) is 9.12. The fourth-order valence-electron chi connectivity index (χ4n) is 1.76. The van der Waals surface area contributed by atoms with Gasteiger partial charge in [-0.05, 0) is 12.8 Å². The lowest BCUT2D eigenvalue weighted by Gasteiger charge is -2.31. The van der Waals surface area contributed by atoms with Crippen LogP contribution in [0.25, 0.3) is 0 Å². The highest BCUT2D eigenvalue weighted by Crippen LogP contribution is 2.31. The number of hydrogen-bond acceptors (Lipinski definition) is 2. The molecule has 3 nitrogen and oxygen atoms in total. The van der Waals surface area contributed by atoms with E-state index in [0.717, 1.165) is 12.8 Å². The molecule has 0 aromatic rings. The Hall–Kier alpha value is -0.505. The third-order valence-electron chi connectivity index (χ3n) is 2.66. The molecular formula is C9H16BNO2. The first-order valence-corrected chi connectivity index (χ1v) is 4.67. The Morgan fingerprint density at radius 3 is 2.54 bits per heavy atom. The second kappa shape index (κ2) is 4.14. The number of amides is 1. The molecule has 1 aliphatic carbocycles. The van der Waals surface area contributed by atoms with Gasteiger partial charge in [-0.15, -0.1) is 0 Å². The van der Waals surface area contributed by atoms with Gasteiger partial charge in [-0.3, -0.25) is 4.79 Å². The quantitative estimate of drug-likeness (QED) is 0.586. The summed E-state index contributed by atoms with van der Waals surface area (Å²) < 4.78 is 0. The predicted octanol–water partition coefficient (Wildman–Crippen LogP) is 0.193. The summed E-state index contributed by atoms with van der Waals surface area (Å²) >= 11 is 0. The molecule has 3 atom stereocenters. The fraction of sp³-hybridized carbons (Fsp3) is 0.889. The van der Waals surface area contributed by atoms with Gasteiger partial charge in [0.15, 0.2) is 0 Å². The Morgan fingerprint density at radius 1 is 1.46 bits per heavy atom. The Balaban J connectivity index is 2.50. The van der Waals surface area contributed by atoms with Crippen molar-refractivity contribution < 1.29 is 9.90 Å². The number of aliphatic hydroxyl groups excluding tert-OH is 1. The van der Waals surface area contributed by atoms with E-state index in [1.807, 2.05) is 0 Å². The van der Waals surface area contributed by atoms with E-state index in [0.29, 0.717) is 6.42 Å². The number of nitrogens with zero attached hydrogens (tertiary/aromatic N) is 1. The minimum Gasteiger partial charge on any atom is -0.394 e. The molecule has 1 saturated carbocycles. The zero-order valence-corrected chi connectivity index (χ0v) is 8.23. The standard InChI is InChI=1S/C9H16BNO2/c1-11(2)9(13)6-3-4-7(10)8(12)5-6/h6-8,12H,3-5H2,1-2H3/t6-,7-,8-/m0/s1. The first-order valence-electron chi connectivity index (χ1n) is 4.67. The van der Waals surface area contributed by atoms with Gasteiger partial charge in [0.25, 0.3) is 0 Å². The van der Waals surface area contributed by atoms with Gasteiger partial charge < -0.3 is 10.0 Å². The Kier molecular flexibility index (Phi) is 3.36. The minimum atomic E-state index is -0.511. The van der Waals surface area contributed by atoms with Gasteiger partial charge in [0, 0.05) is 26.1 Å². The van der Waals surface area contributed by atoms with Crippen LogP contribution in [0.3, 0.4) is 0 Å². The molecule has 72 valence electrons. The van der Waals surface area contributed by atoms with E-state index in [1.165, 1.54) is 0 Å². The average molecular weight is 181 g/mol. The largest absolute Gasteiger partial charge is 0.394 e. The number of hydrogen-bond donors (Lipinski definition) is 1. The third kappa shape index (κ3) is 2.47. The Bertz CT molecular complexity index is 196. The Labute approximate surface area is 80.5 Å². The first kappa shape index (κ1) is 10.6. The highest BCUT2D eigenvalue weighted by atomic mass is 16.3. The molecule has 13 heavy (non-hydrogen) atoms. The maximum absolute atomic E-state index is 11.5. The molecule has 0 bridgehead atoms. The van der Waals surface area contributed by atoms with Crippen molar-refractivity contribution in [3.8, 4) is 0 Å². The van der Waals surface area contributed by atoms with Gasteiger partial charge in [-0.25, -0.2) is 0 Å². The van der Waals surface area contributed by atoms with E-state index in [2.05, 4.69) is 0 Å². The topological polar surface area (TPSA) is 40.5 Å². The lowest BCUT2D eigenvalue weighted by Crippen LogP contribution is -2.36. The van der Waals surface area contributed by atoms with Gasteiger partial charge in [0.05, 0.1) is 7.85 Å². The van der Waals surface area contributed by atoms with Crippen LogP contribution >= 0.6 is 0 Å². The molecule has 0 aromatic carbocycles. The van der Waals surface area contributed by atoms with Crippen LogP contribution in [0.1, 0.15) is 19.3 Å². The molecule has 0 saturated heterocycles. The van der Waals surface area contributed by atoms with E-state index in [9.17, 15) is 9.90 Å². The molecule has 4 heteroatoms. The highest BCUT2D eigenvalue weighted by molar-refractivity contribution is 6.12. The maximum atomic E-state index is 11.5. The summed E-state index contributed by atoms with van der Waals surface area (Å²) in [5.74, 6) is -0.0815. The van der Waals surface area contributed by atoms with Crippen LogP contribution in [-0.4, -0.2) is 44.0 Å². The number of carbonyl (C=O) groups excluding carboxylic acids is 1. The van der Waals surface area contributed by atoms with E-state index in [4.69, 9.17) is 7.85 Å². The van der Waals surface area contributed by atoms with Crippen LogP contribution in [0.5, 0.6) is 0 Å². The molecule has 0 unspecified atom stereocenters. The summed E-state index contributed by atoms with van der Waals surface area (Å²) in [6, 6.07) is 0. The zero-order chi connectivity index (χ0) is 10.0. The summed E-state index contributed by atoms with van der Waals surface area (Å²) in [6.45, 7) is 0. The van der Waals surface area contributed by atoms with E-state index >= 15 is 0 Å². The van der Waals surface area contributed by atoms with Crippen molar-refractivity contribution in [3.05, 3.63) is 0 Å². The normalized spacial score (nSPS) is 34.2. The van der Waals surface area contributed by atoms with Crippen LogP contribution in [0.4, 0.5) is 0 Å².